The molecule has 4 heteroatoms. The van der Waals surface area contributed by atoms with Gasteiger partial charge in [-0.1, -0.05) is 35.1 Å². The molecule has 0 aliphatic carbocycles. The van der Waals surface area contributed by atoms with Crippen molar-refractivity contribution in [2.75, 3.05) is 31.1 Å². The van der Waals surface area contributed by atoms with Crippen molar-refractivity contribution in [2.45, 2.75) is 25.8 Å². The Labute approximate surface area is 130 Å². The molecule has 21 heavy (non-hydrogen) atoms. The molecule has 0 amide bonds. The predicted molar refractivity (Wildman–Crippen MR) is 89.1 cm³/mol. The smallest absolute Gasteiger partial charge is 0.125 e. The number of aromatic nitrogens is 1. The maximum atomic E-state index is 4.68. The van der Waals surface area contributed by atoms with E-state index in [1.807, 2.05) is 11.3 Å². The molecule has 0 spiro atoms. The van der Waals surface area contributed by atoms with E-state index in [1.54, 1.807) is 0 Å². The van der Waals surface area contributed by atoms with E-state index in [1.165, 1.54) is 48.6 Å². The van der Waals surface area contributed by atoms with E-state index in [0.717, 1.165) is 17.6 Å². The average Bonchev–Trinajstić information content (AvgIpc) is 2.80. The largest absolute Gasteiger partial charge is 0.358 e. The second kappa shape index (κ2) is 5.43. The number of hydrogen-bond donors (Lipinski definition) is 0. The quantitative estimate of drug-likeness (QED) is 0.847. The molecular formula is C17H21N3S. The van der Waals surface area contributed by atoms with Gasteiger partial charge in [0, 0.05) is 37.8 Å². The van der Waals surface area contributed by atoms with Crippen molar-refractivity contribution in [1.29, 1.82) is 0 Å². The van der Waals surface area contributed by atoms with E-state index in [2.05, 4.69) is 52.2 Å². The summed E-state index contributed by atoms with van der Waals surface area (Å²) in [5, 5.41) is 2.49. The number of thiazole rings is 1. The monoisotopic (exact) mass is 299 g/mol. The number of hydrogen-bond acceptors (Lipinski definition) is 4. The molecule has 110 valence electrons. The lowest BCUT2D eigenvalue weighted by Crippen LogP contribution is -2.37. The molecule has 2 aromatic rings. The van der Waals surface area contributed by atoms with Crippen LogP contribution in [0.2, 0.25) is 0 Å². The Morgan fingerprint density at radius 3 is 2.81 bits per heavy atom. The lowest BCUT2D eigenvalue weighted by Gasteiger charge is -2.31. The molecule has 1 aromatic heterocycles. The third-order valence-electron chi connectivity index (χ3n) is 4.70. The summed E-state index contributed by atoms with van der Waals surface area (Å²) in [4.78, 5) is 9.88. The van der Waals surface area contributed by atoms with E-state index in [4.69, 9.17) is 0 Å². The summed E-state index contributed by atoms with van der Waals surface area (Å²) in [6.45, 7) is 7.03. The lowest BCUT2D eigenvalue weighted by atomic mass is 10.1. The Kier molecular flexibility index (Phi) is 3.43. The first-order chi connectivity index (χ1) is 10.3. The fraction of sp³-hybridized carbons (Fsp3) is 0.471. The third-order valence-corrected chi connectivity index (χ3v) is 5.78. The molecule has 0 atom stereocenters. The SMILES string of the molecule is Cc1cccc(-c2ncc(N3CCN4CCC3CC4)s2)c1. The molecule has 3 fully saturated rings. The first kappa shape index (κ1) is 13.3. The normalized spacial score (nSPS) is 25.1. The molecule has 3 saturated heterocycles. The summed E-state index contributed by atoms with van der Waals surface area (Å²) in [6, 6.07) is 9.36. The van der Waals surface area contributed by atoms with Gasteiger partial charge in [0.15, 0.2) is 0 Å². The van der Waals surface area contributed by atoms with Gasteiger partial charge in [0.05, 0.1) is 6.20 Å². The Balaban J connectivity index is 1.62. The first-order valence-electron chi connectivity index (χ1n) is 7.81. The predicted octanol–water partition coefficient (Wildman–Crippen LogP) is 3.40. The second-order valence-electron chi connectivity index (χ2n) is 6.14. The zero-order chi connectivity index (χ0) is 14.2. The first-order valence-corrected chi connectivity index (χ1v) is 8.63. The maximum Gasteiger partial charge on any atom is 0.125 e. The van der Waals surface area contributed by atoms with Gasteiger partial charge in [-0.3, -0.25) is 0 Å². The van der Waals surface area contributed by atoms with E-state index in [0.29, 0.717) is 0 Å². The summed E-state index contributed by atoms with van der Waals surface area (Å²) in [6.07, 6.45) is 4.69. The number of rotatable bonds is 2. The minimum Gasteiger partial charge on any atom is -0.358 e. The van der Waals surface area contributed by atoms with Crippen molar-refractivity contribution >= 4 is 16.3 Å². The summed E-state index contributed by atoms with van der Waals surface area (Å²) in [7, 11) is 0. The fourth-order valence-electron chi connectivity index (χ4n) is 3.49. The van der Waals surface area contributed by atoms with Crippen molar-refractivity contribution in [1.82, 2.24) is 9.88 Å². The highest BCUT2D eigenvalue weighted by Crippen LogP contribution is 2.35. The zero-order valence-electron chi connectivity index (χ0n) is 12.5. The van der Waals surface area contributed by atoms with Crippen LogP contribution < -0.4 is 4.90 Å². The molecule has 0 N–H and O–H groups in total. The molecule has 3 nitrogen and oxygen atoms in total. The molecule has 3 aliphatic rings. The van der Waals surface area contributed by atoms with Crippen LogP contribution >= 0.6 is 11.3 Å². The summed E-state index contributed by atoms with van der Waals surface area (Å²) in [5.74, 6) is 0. The van der Waals surface area contributed by atoms with Crippen LogP contribution in [0.4, 0.5) is 5.00 Å². The van der Waals surface area contributed by atoms with Gasteiger partial charge >= 0.3 is 0 Å². The van der Waals surface area contributed by atoms with Crippen molar-refractivity contribution in [3.63, 3.8) is 0 Å². The van der Waals surface area contributed by atoms with Crippen LogP contribution in [0, 0.1) is 6.92 Å². The van der Waals surface area contributed by atoms with Gasteiger partial charge in [-0.2, -0.15) is 0 Å². The molecule has 0 unspecified atom stereocenters. The van der Waals surface area contributed by atoms with Gasteiger partial charge in [-0.05, 0) is 25.8 Å². The van der Waals surface area contributed by atoms with Crippen molar-refractivity contribution in [3.05, 3.63) is 36.0 Å². The standard InChI is InChI=1S/C17H21N3S/c1-13-3-2-4-14(11-13)17-18-12-16(21-17)20-10-9-19-7-5-15(20)6-8-19/h2-4,11-12,15H,5-10H2,1H3. The lowest BCUT2D eigenvalue weighted by molar-refractivity contribution is 0.250. The van der Waals surface area contributed by atoms with Gasteiger partial charge in [0.1, 0.15) is 10.0 Å². The molecule has 5 rings (SSSR count). The Bertz CT molecular complexity index is 628. The summed E-state index contributed by atoms with van der Waals surface area (Å²) < 4.78 is 0. The molecule has 0 saturated carbocycles. The molecule has 2 bridgehead atoms. The molecule has 0 radical (unpaired) electrons. The Hall–Kier alpha value is -1.39. The van der Waals surface area contributed by atoms with Crippen LogP contribution in [-0.4, -0.2) is 42.1 Å². The van der Waals surface area contributed by atoms with Crippen LogP contribution in [-0.2, 0) is 0 Å². The van der Waals surface area contributed by atoms with Gasteiger partial charge < -0.3 is 9.80 Å². The number of benzene rings is 1. The van der Waals surface area contributed by atoms with Crippen LogP contribution in [0.15, 0.2) is 30.5 Å². The van der Waals surface area contributed by atoms with E-state index in [-0.39, 0.29) is 0 Å². The molecular weight excluding hydrogens is 278 g/mol. The highest BCUT2D eigenvalue weighted by molar-refractivity contribution is 7.18. The van der Waals surface area contributed by atoms with Gasteiger partial charge in [0.2, 0.25) is 0 Å². The highest BCUT2D eigenvalue weighted by atomic mass is 32.1. The van der Waals surface area contributed by atoms with Gasteiger partial charge in [-0.25, -0.2) is 4.98 Å². The van der Waals surface area contributed by atoms with Crippen LogP contribution in [0.25, 0.3) is 10.6 Å². The topological polar surface area (TPSA) is 19.4 Å². The van der Waals surface area contributed by atoms with Crippen molar-refractivity contribution in [2.24, 2.45) is 0 Å². The number of nitrogens with zero attached hydrogens (tertiary/aromatic N) is 3. The fourth-order valence-corrected chi connectivity index (χ4v) is 4.50. The van der Waals surface area contributed by atoms with E-state index < -0.39 is 0 Å². The number of anilines is 1. The summed E-state index contributed by atoms with van der Waals surface area (Å²) in [5.41, 5.74) is 2.54. The molecule has 3 aliphatic heterocycles. The molecule has 4 heterocycles. The van der Waals surface area contributed by atoms with E-state index >= 15 is 0 Å². The number of aryl methyl sites for hydroxylation is 1. The van der Waals surface area contributed by atoms with Crippen LogP contribution in [0.5, 0.6) is 0 Å². The second-order valence-corrected chi connectivity index (χ2v) is 7.15. The van der Waals surface area contributed by atoms with Crippen molar-refractivity contribution < 1.29 is 0 Å². The Morgan fingerprint density at radius 1 is 1.14 bits per heavy atom. The summed E-state index contributed by atoms with van der Waals surface area (Å²) >= 11 is 1.84. The number of piperidine rings is 1. The van der Waals surface area contributed by atoms with Gasteiger partial charge in [-0.15, -0.1) is 0 Å². The minimum absolute atomic E-state index is 0.717. The van der Waals surface area contributed by atoms with Gasteiger partial charge in [0.25, 0.3) is 0 Å². The number of fused-ring (bicyclic) bond motifs is 4. The third kappa shape index (κ3) is 2.58. The highest BCUT2D eigenvalue weighted by Gasteiger charge is 2.30. The Morgan fingerprint density at radius 2 is 2.00 bits per heavy atom. The average molecular weight is 299 g/mol. The van der Waals surface area contributed by atoms with Crippen LogP contribution in [0.3, 0.4) is 0 Å². The molecule has 1 aromatic carbocycles. The maximum absolute atomic E-state index is 4.68. The van der Waals surface area contributed by atoms with E-state index in [9.17, 15) is 0 Å². The van der Waals surface area contributed by atoms with Crippen LogP contribution in [0.1, 0.15) is 18.4 Å². The minimum atomic E-state index is 0.717. The van der Waals surface area contributed by atoms with Crippen molar-refractivity contribution in [3.8, 4) is 10.6 Å². The zero-order valence-corrected chi connectivity index (χ0v) is 13.3.